The van der Waals surface area contributed by atoms with Crippen molar-refractivity contribution in [3.63, 3.8) is 0 Å². The Labute approximate surface area is 273 Å². The van der Waals surface area contributed by atoms with Crippen LogP contribution in [0, 0.1) is 42.5 Å². The van der Waals surface area contributed by atoms with Gasteiger partial charge in [0.15, 0.2) is 0 Å². The summed E-state index contributed by atoms with van der Waals surface area (Å²) in [5.41, 5.74) is 13.5. The second-order valence-electron chi connectivity index (χ2n) is 11.7. The quantitative estimate of drug-likeness (QED) is 0.119. The Balaban J connectivity index is 0.00000161. The van der Waals surface area contributed by atoms with Crippen molar-refractivity contribution in [3.8, 4) is 22.3 Å². The van der Waals surface area contributed by atoms with Crippen molar-refractivity contribution in [1.82, 2.24) is 0 Å². The largest absolute Gasteiger partial charge is 4.00 e. The van der Waals surface area contributed by atoms with Gasteiger partial charge in [-0.25, -0.2) is 0 Å². The molecule has 6 aromatic rings. The second-order valence-corrected chi connectivity index (χ2v) is 11.7. The van der Waals surface area contributed by atoms with E-state index >= 15 is 0 Å². The van der Waals surface area contributed by atoms with E-state index in [1.807, 2.05) is 0 Å². The van der Waals surface area contributed by atoms with Crippen molar-refractivity contribution in [1.29, 1.82) is 0 Å². The zero-order valence-corrected chi connectivity index (χ0v) is 30.2. The molecule has 6 aromatic carbocycles. The molecule has 0 saturated carbocycles. The summed E-state index contributed by atoms with van der Waals surface area (Å²) in [4.78, 5) is 0. The van der Waals surface area contributed by atoms with Crippen molar-refractivity contribution in [2.24, 2.45) is 0 Å². The standard InChI is InChI=1S/C39H38.2CH3.Hf/c1-7-20-39(6,31-21-29-16-10-18-33(35(29)23-31)37-25(2)12-8-13-26(37)3)32-22-30-17-11-19-34(36(30)24-32)38-27(4)14-9-15-28(38)5;;;/h8-19,21-24H,7,20H2,1-6H3;2*1H3;/q-2;2*-1;+4. The molecular weight excluding hydrogens is 671 g/mol. The summed E-state index contributed by atoms with van der Waals surface area (Å²) in [6.07, 6.45) is 2.24. The maximum absolute atomic E-state index is 2.48. The van der Waals surface area contributed by atoms with Crippen molar-refractivity contribution in [2.75, 3.05) is 0 Å². The predicted octanol–water partition coefficient (Wildman–Crippen LogP) is 12.0. The Bertz CT molecular complexity index is 1650. The van der Waals surface area contributed by atoms with Gasteiger partial charge in [-0.3, -0.25) is 0 Å². The Morgan fingerprint density at radius 1 is 0.571 bits per heavy atom. The second kappa shape index (κ2) is 13.1. The number of benzene rings is 4. The molecular formula is C41H44Hf. The molecule has 1 heteroatoms. The van der Waals surface area contributed by atoms with E-state index in [9.17, 15) is 0 Å². The molecule has 0 N–H and O–H groups in total. The molecule has 42 heavy (non-hydrogen) atoms. The first-order chi connectivity index (χ1) is 18.8. The van der Waals surface area contributed by atoms with E-state index in [2.05, 4.69) is 139 Å². The monoisotopic (exact) mass is 716 g/mol. The maximum Gasteiger partial charge on any atom is 4.00 e. The van der Waals surface area contributed by atoms with Gasteiger partial charge in [-0.2, -0.15) is 12.1 Å². The maximum atomic E-state index is 2.48. The molecule has 0 fully saturated rings. The van der Waals surface area contributed by atoms with Gasteiger partial charge in [0, 0.05) is 0 Å². The average Bonchev–Trinajstić information content (AvgIpc) is 3.55. The minimum absolute atomic E-state index is 0. The molecule has 0 unspecified atom stereocenters. The fourth-order valence-electron chi connectivity index (χ4n) is 6.98. The van der Waals surface area contributed by atoms with E-state index in [1.165, 1.54) is 77.2 Å². The van der Waals surface area contributed by atoms with Gasteiger partial charge in [-0.1, -0.05) is 79.9 Å². The van der Waals surface area contributed by atoms with Gasteiger partial charge < -0.3 is 14.9 Å². The van der Waals surface area contributed by atoms with Gasteiger partial charge in [0.2, 0.25) is 0 Å². The minimum atomic E-state index is -0.0666. The Morgan fingerprint density at radius 3 is 1.29 bits per heavy atom. The molecule has 0 aromatic heterocycles. The number of hydrogen-bond acceptors (Lipinski definition) is 0. The summed E-state index contributed by atoms with van der Waals surface area (Å²) in [6, 6.07) is 36.7. The zero-order valence-electron chi connectivity index (χ0n) is 26.7. The molecule has 0 radical (unpaired) electrons. The van der Waals surface area contributed by atoms with Crippen molar-refractivity contribution in [2.45, 2.75) is 59.8 Å². The minimum Gasteiger partial charge on any atom is -0.358 e. The number of hydrogen-bond donors (Lipinski definition) is 0. The summed E-state index contributed by atoms with van der Waals surface area (Å²) in [5, 5.41) is 5.39. The van der Waals surface area contributed by atoms with Crippen molar-refractivity contribution >= 4 is 21.5 Å². The van der Waals surface area contributed by atoms with E-state index in [4.69, 9.17) is 0 Å². The van der Waals surface area contributed by atoms with Crippen molar-refractivity contribution in [3.05, 3.63) is 145 Å². The van der Waals surface area contributed by atoms with Gasteiger partial charge in [0.25, 0.3) is 0 Å². The van der Waals surface area contributed by atoms with Crippen LogP contribution in [0.25, 0.3) is 43.8 Å². The SMILES string of the molecule is CCCC(C)(c1cc2c(-c3c(C)cccc3C)cccc2[cH-]1)c1cc2c(-c3c(C)cccc3C)cccc2[cH-]1.[CH3-].[CH3-].[Hf+4]. The van der Waals surface area contributed by atoms with Crippen LogP contribution in [0.1, 0.15) is 60.1 Å². The van der Waals surface area contributed by atoms with Gasteiger partial charge in [0.05, 0.1) is 0 Å². The molecule has 0 bridgehead atoms. The first-order valence-corrected chi connectivity index (χ1v) is 14.3. The molecule has 0 aliphatic carbocycles. The van der Waals surface area contributed by atoms with Gasteiger partial charge in [-0.15, -0.1) is 69.1 Å². The van der Waals surface area contributed by atoms with Crippen LogP contribution in [0.3, 0.4) is 0 Å². The zero-order chi connectivity index (χ0) is 27.3. The van der Waals surface area contributed by atoms with Crippen LogP contribution in [0.5, 0.6) is 0 Å². The van der Waals surface area contributed by atoms with Gasteiger partial charge in [0.1, 0.15) is 0 Å². The molecule has 0 heterocycles. The van der Waals surface area contributed by atoms with Crippen LogP contribution in [-0.2, 0) is 31.3 Å². The van der Waals surface area contributed by atoms with Crippen LogP contribution in [0.15, 0.2) is 97.1 Å². The van der Waals surface area contributed by atoms with Crippen LogP contribution in [0.2, 0.25) is 0 Å². The third-order valence-corrected chi connectivity index (χ3v) is 9.03. The first-order valence-electron chi connectivity index (χ1n) is 14.3. The molecule has 0 saturated heterocycles. The van der Waals surface area contributed by atoms with Crippen LogP contribution in [0.4, 0.5) is 0 Å². The summed E-state index contributed by atoms with van der Waals surface area (Å²) < 4.78 is 0. The summed E-state index contributed by atoms with van der Waals surface area (Å²) in [5.74, 6) is 0. The molecule has 0 spiro atoms. The number of rotatable bonds is 6. The average molecular weight is 715 g/mol. The van der Waals surface area contributed by atoms with Crippen LogP contribution >= 0.6 is 0 Å². The van der Waals surface area contributed by atoms with E-state index in [-0.39, 0.29) is 46.1 Å². The predicted molar refractivity (Wildman–Crippen MR) is 183 cm³/mol. The van der Waals surface area contributed by atoms with E-state index in [1.54, 1.807) is 0 Å². The Morgan fingerprint density at radius 2 is 0.929 bits per heavy atom. The van der Waals surface area contributed by atoms with E-state index in [0.29, 0.717) is 0 Å². The fraction of sp³-hybridized carbons (Fsp3) is 0.220. The first kappa shape index (κ1) is 33.5. The van der Waals surface area contributed by atoms with Gasteiger partial charge >= 0.3 is 25.8 Å². The Kier molecular flexibility index (Phi) is 10.4. The number of fused-ring (bicyclic) bond motifs is 2. The molecule has 0 nitrogen and oxygen atoms in total. The molecule has 0 amide bonds. The molecule has 212 valence electrons. The number of aryl methyl sites for hydroxylation is 4. The summed E-state index contributed by atoms with van der Waals surface area (Å²) in [6.45, 7) is 13.7. The smallest absolute Gasteiger partial charge is 0.358 e. The molecule has 6 rings (SSSR count). The third-order valence-electron chi connectivity index (χ3n) is 9.03. The topological polar surface area (TPSA) is 0 Å². The van der Waals surface area contributed by atoms with E-state index < -0.39 is 0 Å². The molecule has 0 atom stereocenters. The summed E-state index contributed by atoms with van der Waals surface area (Å²) >= 11 is 0. The molecule has 0 aliphatic rings. The van der Waals surface area contributed by atoms with Gasteiger partial charge in [-0.05, 0) is 72.9 Å². The normalized spacial score (nSPS) is 11.2. The fourth-order valence-corrected chi connectivity index (χ4v) is 6.98. The van der Waals surface area contributed by atoms with Crippen LogP contribution < -0.4 is 0 Å². The summed E-state index contributed by atoms with van der Waals surface area (Å²) in [7, 11) is 0. The van der Waals surface area contributed by atoms with E-state index in [0.717, 1.165) is 12.8 Å². The molecule has 0 aliphatic heterocycles. The Hall–Kier alpha value is -3.03. The third kappa shape index (κ3) is 5.53. The van der Waals surface area contributed by atoms with Crippen LogP contribution in [-0.4, -0.2) is 0 Å². The van der Waals surface area contributed by atoms with Crippen molar-refractivity contribution < 1.29 is 25.8 Å².